The number of halogens is 2. The maximum absolute atomic E-state index is 16.0. The Morgan fingerprint density at radius 1 is 0.571 bits per heavy atom. The SMILES string of the molecule is C=C(C)C(=O)Oc1ccc(-c2c(F)cc3cc(OC(=O)C(=C)C)c(OC(=O)C(=C)C)cc3c2F)cc1OC(=O)C(=C)C. The molecule has 216 valence electrons. The largest absolute Gasteiger partial charge is 0.419 e. The van der Waals surface area contributed by atoms with Gasteiger partial charge in [0.15, 0.2) is 23.0 Å². The van der Waals surface area contributed by atoms with Crippen molar-refractivity contribution in [2.75, 3.05) is 0 Å². The molecule has 0 aromatic heterocycles. The van der Waals surface area contributed by atoms with E-state index in [0.29, 0.717) is 0 Å². The van der Waals surface area contributed by atoms with Crippen LogP contribution < -0.4 is 18.9 Å². The van der Waals surface area contributed by atoms with Gasteiger partial charge in [-0.2, -0.15) is 0 Å². The fraction of sp³-hybridized carbons (Fsp3) is 0.125. The molecule has 3 rings (SSSR count). The minimum Gasteiger partial charge on any atom is -0.419 e. The number of carbonyl (C=O) groups is 4. The highest BCUT2D eigenvalue weighted by atomic mass is 19.1. The lowest BCUT2D eigenvalue weighted by Crippen LogP contribution is -2.13. The molecular formula is C32H26F2O8. The summed E-state index contributed by atoms with van der Waals surface area (Å²) in [5.74, 6) is -6.69. The lowest BCUT2D eigenvalue weighted by Gasteiger charge is -2.16. The second-order valence-electron chi connectivity index (χ2n) is 9.41. The van der Waals surface area contributed by atoms with Crippen molar-refractivity contribution in [2.24, 2.45) is 0 Å². The van der Waals surface area contributed by atoms with E-state index in [1.807, 2.05) is 0 Å². The van der Waals surface area contributed by atoms with Gasteiger partial charge in [-0.25, -0.2) is 28.0 Å². The van der Waals surface area contributed by atoms with Crippen LogP contribution >= 0.6 is 0 Å². The molecule has 0 unspecified atom stereocenters. The van der Waals surface area contributed by atoms with Gasteiger partial charge in [0.1, 0.15) is 11.6 Å². The van der Waals surface area contributed by atoms with Gasteiger partial charge in [0.2, 0.25) is 0 Å². The summed E-state index contributed by atoms with van der Waals surface area (Å²) in [5.41, 5.74) is -0.529. The van der Waals surface area contributed by atoms with Gasteiger partial charge in [-0.1, -0.05) is 32.4 Å². The Balaban J connectivity index is 2.24. The molecule has 0 aliphatic heterocycles. The van der Waals surface area contributed by atoms with E-state index in [2.05, 4.69) is 26.3 Å². The van der Waals surface area contributed by atoms with Crippen molar-refractivity contribution in [3.8, 4) is 34.1 Å². The van der Waals surface area contributed by atoms with Crippen molar-refractivity contribution in [3.63, 3.8) is 0 Å². The van der Waals surface area contributed by atoms with Gasteiger partial charge in [0, 0.05) is 27.7 Å². The van der Waals surface area contributed by atoms with E-state index < -0.39 is 41.1 Å². The average Bonchev–Trinajstić information content (AvgIpc) is 2.90. The van der Waals surface area contributed by atoms with Gasteiger partial charge in [-0.3, -0.25) is 0 Å². The molecule has 0 amide bonds. The molecule has 0 aliphatic carbocycles. The summed E-state index contributed by atoms with van der Waals surface area (Å²) in [6.07, 6.45) is 0. The molecule has 0 N–H and O–H groups in total. The third kappa shape index (κ3) is 6.84. The van der Waals surface area contributed by atoms with Crippen LogP contribution in [0.15, 0.2) is 85.0 Å². The van der Waals surface area contributed by atoms with Crippen molar-refractivity contribution in [1.29, 1.82) is 0 Å². The van der Waals surface area contributed by atoms with Crippen molar-refractivity contribution in [1.82, 2.24) is 0 Å². The first kappa shape index (κ1) is 31.2. The van der Waals surface area contributed by atoms with E-state index in [0.717, 1.165) is 24.3 Å². The monoisotopic (exact) mass is 576 g/mol. The summed E-state index contributed by atoms with van der Waals surface area (Å²) in [6.45, 7) is 19.5. The Kier molecular flexibility index (Phi) is 9.21. The fourth-order valence-corrected chi connectivity index (χ4v) is 3.33. The van der Waals surface area contributed by atoms with Crippen molar-refractivity contribution < 1.29 is 46.9 Å². The molecule has 42 heavy (non-hydrogen) atoms. The predicted octanol–water partition coefficient (Wildman–Crippen LogP) is 6.71. The first-order valence-corrected chi connectivity index (χ1v) is 12.2. The van der Waals surface area contributed by atoms with E-state index in [4.69, 9.17) is 18.9 Å². The zero-order valence-corrected chi connectivity index (χ0v) is 23.3. The van der Waals surface area contributed by atoms with Crippen LogP contribution in [0.1, 0.15) is 27.7 Å². The topological polar surface area (TPSA) is 105 Å². The molecule has 0 atom stereocenters. The zero-order chi connectivity index (χ0) is 31.5. The van der Waals surface area contributed by atoms with E-state index in [1.165, 1.54) is 39.8 Å². The van der Waals surface area contributed by atoms with Gasteiger partial charge in [0.05, 0.1) is 5.56 Å². The normalized spacial score (nSPS) is 10.4. The molecule has 0 fully saturated rings. The molecule has 0 saturated heterocycles. The molecule has 0 spiro atoms. The molecule has 3 aromatic carbocycles. The quantitative estimate of drug-likeness (QED) is 0.157. The van der Waals surface area contributed by atoms with Gasteiger partial charge < -0.3 is 18.9 Å². The molecule has 0 aliphatic rings. The van der Waals surface area contributed by atoms with Crippen LogP contribution in [0.2, 0.25) is 0 Å². The second-order valence-corrected chi connectivity index (χ2v) is 9.41. The molecule has 0 saturated carbocycles. The Labute approximate surface area is 240 Å². The lowest BCUT2D eigenvalue weighted by molar-refractivity contribution is -0.132. The summed E-state index contributed by atoms with van der Waals surface area (Å²) in [5, 5.41) is -0.237. The van der Waals surface area contributed by atoms with Crippen molar-refractivity contribution >= 4 is 34.6 Å². The van der Waals surface area contributed by atoms with Crippen molar-refractivity contribution in [2.45, 2.75) is 27.7 Å². The first-order valence-electron chi connectivity index (χ1n) is 12.2. The third-order valence-electron chi connectivity index (χ3n) is 5.53. The van der Waals surface area contributed by atoms with E-state index >= 15 is 8.78 Å². The summed E-state index contributed by atoms with van der Waals surface area (Å²) in [6, 6.07) is 6.73. The molecule has 8 nitrogen and oxygen atoms in total. The average molecular weight is 577 g/mol. The van der Waals surface area contributed by atoms with Crippen LogP contribution in [0.4, 0.5) is 8.78 Å². The third-order valence-corrected chi connectivity index (χ3v) is 5.53. The molecule has 3 aromatic rings. The summed E-state index contributed by atoms with van der Waals surface area (Å²) >= 11 is 0. The smallest absolute Gasteiger partial charge is 0.338 e. The summed E-state index contributed by atoms with van der Waals surface area (Å²) in [4.78, 5) is 48.8. The van der Waals surface area contributed by atoms with Crippen LogP contribution in [-0.2, 0) is 19.2 Å². The van der Waals surface area contributed by atoms with Gasteiger partial charge >= 0.3 is 23.9 Å². The lowest BCUT2D eigenvalue weighted by atomic mass is 9.98. The predicted molar refractivity (Wildman–Crippen MR) is 151 cm³/mol. The van der Waals surface area contributed by atoms with E-state index in [-0.39, 0.29) is 61.6 Å². The maximum atomic E-state index is 16.0. The van der Waals surface area contributed by atoms with E-state index in [1.54, 1.807) is 0 Å². The van der Waals surface area contributed by atoms with E-state index in [9.17, 15) is 19.2 Å². The fourth-order valence-electron chi connectivity index (χ4n) is 3.33. The van der Waals surface area contributed by atoms with Gasteiger partial charge in [-0.15, -0.1) is 0 Å². The highest BCUT2D eigenvalue weighted by Crippen LogP contribution is 2.41. The first-order chi connectivity index (χ1) is 19.6. The summed E-state index contributed by atoms with van der Waals surface area (Å²) < 4.78 is 52.4. The number of esters is 4. The van der Waals surface area contributed by atoms with Crippen LogP contribution in [0.3, 0.4) is 0 Å². The standard InChI is InChI=1S/C32H26F2O8/c1-15(2)29(35)39-23-10-9-19(12-24(23)40-30(36)16(3)4)27-22(33)11-20-13-25(41-31(37)17(5)6)26(14-21(20)28(27)34)42-32(38)18(7)8/h9-14H,1,3,5,7H2,2,4,6,8H3. The maximum Gasteiger partial charge on any atom is 0.338 e. The highest BCUT2D eigenvalue weighted by Gasteiger charge is 2.23. The number of fused-ring (bicyclic) bond motifs is 1. The number of carbonyl (C=O) groups excluding carboxylic acids is 4. The summed E-state index contributed by atoms with van der Waals surface area (Å²) in [7, 11) is 0. The number of ether oxygens (including phenoxy) is 4. The second kappa shape index (κ2) is 12.4. The van der Waals surface area contributed by atoms with Gasteiger partial charge in [-0.05, 0) is 69.0 Å². The van der Waals surface area contributed by atoms with Crippen LogP contribution in [0.5, 0.6) is 23.0 Å². The molecule has 0 radical (unpaired) electrons. The minimum absolute atomic E-state index is 0.0109. The molecule has 0 bridgehead atoms. The number of rotatable bonds is 9. The number of hydrogen-bond acceptors (Lipinski definition) is 8. The van der Waals surface area contributed by atoms with Gasteiger partial charge in [0.25, 0.3) is 0 Å². The van der Waals surface area contributed by atoms with Crippen LogP contribution in [-0.4, -0.2) is 23.9 Å². The Bertz CT molecular complexity index is 1730. The molecule has 0 heterocycles. The molecule has 10 heteroatoms. The Morgan fingerprint density at radius 3 is 1.43 bits per heavy atom. The van der Waals surface area contributed by atoms with Crippen LogP contribution in [0.25, 0.3) is 21.9 Å². The van der Waals surface area contributed by atoms with Crippen molar-refractivity contribution in [3.05, 3.63) is 96.6 Å². The minimum atomic E-state index is -1.08. The van der Waals surface area contributed by atoms with Crippen LogP contribution in [0, 0.1) is 11.6 Å². The number of hydrogen-bond donors (Lipinski definition) is 0. The number of benzene rings is 3. The molecular weight excluding hydrogens is 550 g/mol. The highest BCUT2D eigenvalue weighted by molar-refractivity contribution is 5.96. The Morgan fingerprint density at radius 2 is 0.976 bits per heavy atom. The Hall–Kier alpha value is -5.38. The zero-order valence-electron chi connectivity index (χ0n) is 23.3.